The lowest BCUT2D eigenvalue weighted by Gasteiger charge is -2.27. The summed E-state index contributed by atoms with van der Waals surface area (Å²) in [5.74, 6) is 0.348. The zero-order valence-electron chi connectivity index (χ0n) is 15.6. The van der Waals surface area contributed by atoms with Gasteiger partial charge in [0.05, 0.1) is 20.3 Å². The number of ether oxygens (including phenoxy) is 2. The number of aromatic nitrogens is 2. The van der Waals surface area contributed by atoms with Crippen LogP contribution in [0.2, 0.25) is 0 Å². The first-order chi connectivity index (χ1) is 13.1. The predicted octanol–water partition coefficient (Wildman–Crippen LogP) is 1.91. The molecule has 8 nitrogen and oxygen atoms in total. The second kappa shape index (κ2) is 8.57. The fraction of sp³-hybridized carbons (Fsp3) is 0.421. The van der Waals surface area contributed by atoms with Gasteiger partial charge in [-0.2, -0.15) is 5.10 Å². The Kier molecular flexibility index (Phi) is 5.95. The summed E-state index contributed by atoms with van der Waals surface area (Å²) in [5.41, 5.74) is 3.02. The Morgan fingerprint density at radius 3 is 2.78 bits per heavy atom. The highest BCUT2D eigenvalue weighted by Crippen LogP contribution is 2.21. The van der Waals surface area contributed by atoms with Gasteiger partial charge in [0.2, 0.25) is 0 Å². The number of carbonyl (C=O) groups is 2. The van der Waals surface area contributed by atoms with Crippen molar-refractivity contribution in [2.45, 2.75) is 26.3 Å². The number of hydrogen-bond donors (Lipinski definition) is 2. The van der Waals surface area contributed by atoms with Crippen LogP contribution in [0.15, 0.2) is 24.3 Å². The first kappa shape index (κ1) is 18.8. The minimum absolute atomic E-state index is 0.148. The Morgan fingerprint density at radius 1 is 1.30 bits per heavy atom. The second-order valence-electron chi connectivity index (χ2n) is 6.25. The monoisotopic (exact) mass is 372 g/mol. The van der Waals surface area contributed by atoms with E-state index < -0.39 is 5.97 Å². The fourth-order valence-corrected chi connectivity index (χ4v) is 3.05. The first-order valence-electron chi connectivity index (χ1n) is 9.01. The normalized spacial score (nSPS) is 13.0. The van der Waals surface area contributed by atoms with Gasteiger partial charge in [-0.1, -0.05) is 12.1 Å². The predicted molar refractivity (Wildman–Crippen MR) is 98.8 cm³/mol. The Bertz CT molecular complexity index is 801. The van der Waals surface area contributed by atoms with E-state index in [1.54, 1.807) is 18.9 Å². The van der Waals surface area contributed by atoms with E-state index in [0.717, 1.165) is 29.0 Å². The topological polar surface area (TPSA) is 96.5 Å². The molecule has 0 radical (unpaired) electrons. The maximum absolute atomic E-state index is 12.5. The van der Waals surface area contributed by atoms with Gasteiger partial charge in [0.25, 0.3) is 0 Å². The number of amides is 2. The van der Waals surface area contributed by atoms with Crippen LogP contribution in [-0.2, 0) is 24.1 Å². The molecule has 2 N–H and O–H groups in total. The van der Waals surface area contributed by atoms with Crippen molar-refractivity contribution in [3.05, 3.63) is 46.8 Å². The number of hydrogen-bond acceptors (Lipinski definition) is 5. The third-order valence-electron chi connectivity index (χ3n) is 4.54. The quantitative estimate of drug-likeness (QED) is 0.755. The molecule has 0 unspecified atom stereocenters. The minimum Gasteiger partial charge on any atom is -0.497 e. The van der Waals surface area contributed by atoms with Crippen molar-refractivity contribution in [3.8, 4) is 5.75 Å². The number of aromatic amines is 1. The molecule has 2 heterocycles. The summed E-state index contributed by atoms with van der Waals surface area (Å²) in [6.45, 7) is 3.49. The lowest BCUT2D eigenvalue weighted by atomic mass is 10.1. The highest BCUT2D eigenvalue weighted by atomic mass is 16.5. The molecule has 0 saturated carbocycles. The van der Waals surface area contributed by atoms with Gasteiger partial charge in [-0.25, -0.2) is 9.59 Å². The molecule has 1 aromatic carbocycles. The largest absolute Gasteiger partial charge is 0.497 e. The summed E-state index contributed by atoms with van der Waals surface area (Å²) in [7, 11) is 1.63. The molecular formula is C19H24N4O4. The SMILES string of the molecule is CCOC(=O)c1n[nH]c2c1CN(C(=O)NCCc1ccc(OC)cc1)CC2. The van der Waals surface area contributed by atoms with Gasteiger partial charge in [-0.15, -0.1) is 0 Å². The van der Waals surface area contributed by atoms with Gasteiger partial charge in [0.1, 0.15) is 5.75 Å². The number of esters is 1. The van der Waals surface area contributed by atoms with Crippen molar-refractivity contribution in [3.63, 3.8) is 0 Å². The van der Waals surface area contributed by atoms with Crippen LogP contribution in [0.1, 0.15) is 34.2 Å². The van der Waals surface area contributed by atoms with Gasteiger partial charge in [-0.3, -0.25) is 5.10 Å². The molecule has 0 bridgehead atoms. The van der Waals surface area contributed by atoms with Crippen LogP contribution in [0.25, 0.3) is 0 Å². The van der Waals surface area contributed by atoms with E-state index in [0.29, 0.717) is 26.1 Å². The Balaban J connectivity index is 1.54. The number of nitrogens with one attached hydrogen (secondary N) is 2. The van der Waals surface area contributed by atoms with Gasteiger partial charge in [0.15, 0.2) is 5.69 Å². The van der Waals surface area contributed by atoms with Gasteiger partial charge in [-0.05, 0) is 31.0 Å². The zero-order valence-corrected chi connectivity index (χ0v) is 15.6. The van der Waals surface area contributed by atoms with Crippen LogP contribution >= 0.6 is 0 Å². The molecule has 144 valence electrons. The number of methoxy groups -OCH3 is 1. The minimum atomic E-state index is -0.461. The summed E-state index contributed by atoms with van der Waals surface area (Å²) in [4.78, 5) is 26.2. The number of H-pyrrole nitrogens is 1. The van der Waals surface area contributed by atoms with Crippen LogP contribution in [0.4, 0.5) is 4.79 Å². The van der Waals surface area contributed by atoms with E-state index in [9.17, 15) is 9.59 Å². The summed E-state index contributed by atoms with van der Waals surface area (Å²) >= 11 is 0. The van der Waals surface area contributed by atoms with Crippen molar-refractivity contribution in [1.82, 2.24) is 20.4 Å². The Labute approximate surface area is 157 Å². The molecule has 0 spiro atoms. The Morgan fingerprint density at radius 2 is 2.07 bits per heavy atom. The molecule has 27 heavy (non-hydrogen) atoms. The maximum atomic E-state index is 12.5. The number of rotatable bonds is 6. The third-order valence-corrected chi connectivity index (χ3v) is 4.54. The van der Waals surface area contributed by atoms with Crippen LogP contribution in [0.5, 0.6) is 5.75 Å². The third kappa shape index (κ3) is 4.39. The molecule has 0 atom stereocenters. The summed E-state index contributed by atoms with van der Waals surface area (Å²) < 4.78 is 10.2. The zero-order chi connectivity index (χ0) is 19.2. The van der Waals surface area contributed by atoms with Crippen LogP contribution in [-0.4, -0.2) is 53.9 Å². The number of carbonyl (C=O) groups excluding carboxylic acids is 2. The molecule has 1 aliphatic heterocycles. The molecule has 1 aromatic heterocycles. The van der Waals surface area contributed by atoms with Gasteiger partial charge >= 0.3 is 12.0 Å². The number of fused-ring (bicyclic) bond motifs is 1. The molecule has 2 amide bonds. The first-order valence-corrected chi connectivity index (χ1v) is 9.01. The van der Waals surface area contributed by atoms with Crippen molar-refractivity contribution < 1.29 is 19.1 Å². The van der Waals surface area contributed by atoms with Crippen LogP contribution in [0.3, 0.4) is 0 Å². The van der Waals surface area contributed by atoms with E-state index in [1.165, 1.54) is 0 Å². The molecular weight excluding hydrogens is 348 g/mol. The lowest BCUT2D eigenvalue weighted by molar-refractivity contribution is 0.0516. The van der Waals surface area contributed by atoms with Crippen molar-refractivity contribution in [2.24, 2.45) is 0 Å². The summed E-state index contributed by atoms with van der Waals surface area (Å²) in [6.07, 6.45) is 1.36. The highest BCUT2D eigenvalue weighted by Gasteiger charge is 2.28. The van der Waals surface area contributed by atoms with E-state index in [-0.39, 0.29) is 18.3 Å². The van der Waals surface area contributed by atoms with Crippen LogP contribution in [0, 0.1) is 0 Å². The Hall–Kier alpha value is -3.03. The van der Waals surface area contributed by atoms with Gasteiger partial charge < -0.3 is 19.7 Å². The number of urea groups is 1. The van der Waals surface area contributed by atoms with E-state index in [2.05, 4.69) is 15.5 Å². The molecule has 0 fully saturated rings. The van der Waals surface area contributed by atoms with Crippen LogP contribution < -0.4 is 10.1 Å². The van der Waals surface area contributed by atoms with E-state index in [1.807, 2.05) is 24.3 Å². The summed E-state index contributed by atoms with van der Waals surface area (Å²) in [5, 5.41) is 9.87. The second-order valence-corrected chi connectivity index (χ2v) is 6.25. The smallest absolute Gasteiger partial charge is 0.359 e. The van der Waals surface area contributed by atoms with E-state index >= 15 is 0 Å². The molecule has 2 aromatic rings. The summed E-state index contributed by atoms with van der Waals surface area (Å²) in [6, 6.07) is 7.62. The number of benzene rings is 1. The highest BCUT2D eigenvalue weighted by molar-refractivity contribution is 5.89. The lowest BCUT2D eigenvalue weighted by Crippen LogP contribution is -2.43. The average Bonchev–Trinajstić information content (AvgIpc) is 3.12. The molecule has 3 rings (SSSR count). The van der Waals surface area contributed by atoms with Crippen molar-refractivity contribution >= 4 is 12.0 Å². The van der Waals surface area contributed by atoms with E-state index in [4.69, 9.17) is 9.47 Å². The standard InChI is InChI=1S/C19H24N4O4/c1-3-27-18(24)17-15-12-23(11-9-16(15)21-22-17)19(25)20-10-8-13-4-6-14(26-2)7-5-13/h4-7H,3,8-12H2,1-2H3,(H,20,25)(H,21,22). The molecule has 0 aliphatic carbocycles. The van der Waals surface area contributed by atoms with Crippen molar-refractivity contribution in [1.29, 1.82) is 0 Å². The number of nitrogens with zero attached hydrogens (tertiary/aromatic N) is 2. The molecule has 0 saturated heterocycles. The van der Waals surface area contributed by atoms with Gasteiger partial charge in [0, 0.05) is 30.8 Å². The van der Waals surface area contributed by atoms with Crippen molar-refractivity contribution in [2.75, 3.05) is 26.8 Å². The average molecular weight is 372 g/mol. The molecule has 1 aliphatic rings. The molecule has 8 heteroatoms. The fourth-order valence-electron chi connectivity index (χ4n) is 3.05. The maximum Gasteiger partial charge on any atom is 0.359 e.